The standard InChI is InChI=1S/C13H20N2O4/c1-4-6-7-10(19-5-2)12-9(8-11(16)17)14-15(3)13(12)18/h4-8H2,1-3H3,(H,16,17)/b12-10-. The molecule has 0 atom stereocenters. The number of likely N-dealkylation sites (N-methyl/N-ethyl adjacent to an activating group) is 1. The van der Waals surface area contributed by atoms with Crippen molar-refractivity contribution in [1.82, 2.24) is 5.01 Å². The summed E-state index contributed by atoms with van der Waals surface area (Å²) in [5, 5.41) is 14.0. The maximum absolute atomic E-state index is 12.1. The van der Waals surface area contributed by atoms with Gasteiger partial charge in [-0.3, -0.25) is 9.59 Å². The van der Waals surface area contributed by atoms with Gasteiger partial charge in [0.05, 0.1) is 18.7 Å². The Morgan fingerprint density at radius 2 is 2.11 bits per heavy atom. The van der Waals surface area contributed by atoms with Crippen LogP contribution in [-0.4, -0.2) is 41.4 Å². The minimum atomic E-state index is -1.01. The number of hydrogen-bond donors (Lipinski definition) is 1. The lowest BCUT2D eigenvalue weighted by Crippen LogP contribution is -2.20. The van der Waals surface area contributed by atoms with E-state index in [4.69, 9.17) is 9.84 Å². The molecule has 0 aromatic rings. The highest BCUT2D eigenvalue weighted by Crippen LogP contribution is 2.23. The summed E-state index contributed by atoms with van der Waals surface area (Å²) < 4.78 is 5.52. The van der Waals surface area contributed by atoms with Gasteiger partial charge < -0.3 is 9.84 Å². The number of ether oxygens (including phenoxy) is 1. The molecule has 0 spiro atoms. The summed E-state index contributed by atoms with van der Waals surface area (Å²) in [5.74, 6) is -0.750. The summed E-state index contributed by atoms with van der Waals surface area (Å²) in [5.41, 5.74) is 0.597. The van der Waals surface area contributed by atoms with E-state index >= 15 is 0 Å². The number of carboxylic acid groups (broad SMARTS) is 1. The average molecular weight is 268 g/mol. The van der Waals surface area contributed by atoms with E-state index in [1.54, 1.807) is 0 Å². The lowest BCUT2D eigenvalue weighted by molar-refractivity contribution is -0.135. The van der Waals surface area contributed by atoms with Gasteiger partial charge in [0, 0.05) is 13.5 Å². The van der Waals surface area contributed by atoms with Crippen LogP contribution in [0.1, 0.15) is 39.5 Å². The van der Waals surface area contributed by atoms with Crippen molar-refractivity contribution in [2.24, 2.45) is 5.10 Å². The number of carboxylic acids is 1. The van der Waals surface area contributed by atoms with Gasteiger partial charge in [0.25, 0.3) is 5.91 Å². The molecular formula is C13H20N2O4. The number of hydrazone groups is 1. The van der Waals surface area contributed by atoms with Crippen molar-refractivity contribution in [3.05, 3.63) is 11.3 Å². The van der Waals surface area contributed by atoms with Gasteiger partial charge >= 0.3 is 5.97 Å². The zero-order valence-corrected chi connectivity index (χ0v) is 11.6. The molecule has 0 aromatic heterocycles. The van der Waals surface area contributed by atoms with Crippen molar-refractivity contribution in [1.29, 1.82) is 0 Å². The number of amides is 1. The summed E-state index contributed by atoms with van der Waals surface area (Å²) in [6, 6.07) is 0. The van der Waals surface area contributed by atoms with Crippen LogP contribution in [0.25, 0.3) is 0 Å². The lowest BCUT2D eigenvalue weighted by atomic mass is 10.0. The number of unbranched alkanes of at least 4 members (excludes halogenated alkanes) is 1. The summed E-state index contributed by atoms with van der Waals surface area (Å²) in [4.78, 5) is 22.9. The van der Waals surface area contributed by atoms with E-state index in [-0.39, 0.29) is 18.0 Å². The lowest BCUT2D eigenvalue weighted by Gasteiger charge is -2.12. The molecule has 0 aliphatic carbocycles. The summed E-state index contributed by atoms with van der Waals surface area (Å²) in [6.07, 6.45) is 2.21. The predicted octanol–water partition coefficient (Wildman–Crippen LogP) is 1.77. The van der Waals surface area contributed by atoms with Gasteiger partial charge in [-0.1, -0.05) is 13.3 Å². The molecule has 1 rings (SSSR count). The smallest absolute Gasteiger partial charge is 0.309 e. The highest BCUT2D eigenvalue weighted by atomic mass is 16.5. The van der Waals surface area contributed by atoms with Crippen LogP contribution in [-0.2, 0) is 14.3 Å². The van der Waals surface area contributed by atoms with Crippen LogP contribution in [0.15, 0.2) is 16.4 Å². The minimum Gasteiger partial charge on any atom is -0.497 e. The van der Waals surface area contributed by atoms with E-state index in [9.17, 15) is 9.59 Å². The Morgan fingerprint density at radius 3 is 2.63 bits per heavy atom. The van der Waals surface area contributed by atoms with Gasteiger partial charge in [-0.05, 0) is 13.3 Å². The molecule has 6 nitrogen and oxygen atoms in total. The zero-order valence-electron chi connectivity index (χ0n) is 11.6. The fourth-order valence-electron chi connectivity index (χ4n) is 1.89. The molecule has 0 unspecified atom stereocenters. The minimum absolute atomic E-state index is 0.270. The Balaban J connectivity index is 3.10. The van der Waals surface area contributed by atoms with Crippen molar-refractivity contribution < 1.29 is 19.4 Å². The van der Waals surface area contributed by atoms with Gasteiger partial charge in [0.2, 0.25) is 0 Å². The molecule has 1 heterocycles. The SMILES string of the molecule is CCCC/C(OCC)=C1/C(=O)N(C)N=C1CC(=O)O. The van der Waals surface area contributed by atoms with Gasteiger partial charge in [-0.25, -0.2) is 5.01 Å². The molecule has 6 heteroatoms. The molecular weight excluding hydrogens is 248 g/mol. The highest BCUT2D eigenvalue weighted by Gasteiger charge is 2.32. The number of carbonyl (C=O) groups excluding carboxylic acids is 1. The van der Waals surface area contributed by atoms with Crippen LogP contribution in [0.5, 0.6) is 0 Å². The van der Waals surface area contributed by atoms with E-state index in [0.717, 1.165) is 12.8 Å². The Morgan fingerprint density at radius 1 is 1.42 bits per heavy atom. The van der Waals surface area contributed by atoms with Crippen molar-refractivity contribution >= 4 is 17.6 Å². The first kappa shape index (κ1) is 15.2. The molecule has 0 bridgehead atoms. The fraction of sp³-hybridized carbons (Fsp3) is 0.615. The largest absolute Gasteiger partial charge is 0.497 e. The van der Waals surface area contributed by atoms with E-state index in [1.807, 2.05) is 13.8 Å². The second kappa shape index (κ2) is 6.92. The van der Waals surface area contributed by atoms with Crippen molar-refractivity contribution in [2.75, 3.05) is 13.7 Å². The van der Waals surface area contributed by atoms with Crippen molar-refractivity contribution in [3.63, 3.8) is 0 Å². The first-order valence-corrected chi connectivity index (χ1v) is 6.44. The molecule has 0 aromatic carbocycles. The molecule has 0 saturated carbocycles. The van der Waals surface area contributed by atoms with E-state index in [2.05, 4.69) is 5.10 Å². The Bertz CT molecular complexity index is 426. The van der Waals surface area contributed by atoms with Gasteiger partial charge in [0.1, 0.15) is 11.3 Å². The quantitative estimate of drug-likeness (QED) is 0.563. The third-order valence-electron chi connectivity index (χ3n) is 2.74. The Kier molecular flexibility index (Phi) is 5.54. The van der Waals surface area contributed by atoms with Crippen molar-refractivity contribution in [3.8, 4) is 0 Å². The topological polar surface area (TPSA) is 79.2 Å². The Labute approximate surface area is 112 Å². The van der Waals surface area contributed by atoms with Crippen LogP contribution < -0.4 is 0 Å². The van der Waals surface area contributed by atoms with Crippen LogP contribution in [0, 0.1) is 0 Å². The molecule has 1 amide bonds. The second-order valence-electron chi connectivity index (χ2n) is 4.28. The number of nitrogens with zero attached hydrogens (tertiary/aromatic N) is 2. The van der Waals surface area contributed by atoms with Crippen LogP contribution in [0.3, 0.4) is 0 Å². The average Bonchev–Trinajstić information content (AvgIpc) is 2.60. The molecule has 19 heavy (non-hydrogen) atoms. The molecule has 1 N–H and O–H groups in total. The predicted molar refractivity (Wildman–Crippen MR) is 70.6 cm³/mol. The van der Waals surface area contributed by atoms with Crippen molar-refractivity contribution in [2.45, 2.75) is 39.5 Å². The number of aliphatic carboxylic acids is 1. The third kappa shape index (κ3) is 3.81. The molecule has 1 aliphatic rings. The summed E-state index contributed by atoms with van der Waals surface area (Å²) >= 11 is 0. The zero-order chi connectivity index (χ0) is 14.4. The van der Waals surface area contributed by atoms with Gasteiger partial charge in [-0.15, -0.1) is 0 Å². The van der Waals surface area contributed by atoms with Crippen LogP contribution in [0.2, 0.25) is 0 Å². The number of rotatable bonds is 7. The van der Waals surface area contributed by atoms with Crippen LogP contribution >= 0.6 is 0 Å². The summed E-state index contributed by atoms with van der Waals surface area (Å²) in [6.45, 7) is 4.33. The first-order valence-electron chi connectivity index (χ1n) is 6.44. The molecule has 1 aliphatic heterocycles. The molecule has 0 radical (unpaired) electrons. The first-order chi connectivity index (χ1) is 9.01. The second-order valence-corrected chi connectivity index (χ2v) is 4.28. The van der Waals surface area contributed by atoms with E-state index in [0.29, 0.717) is 24.4 Å². The summed E-state index contributed by atoms with van der Waals surface area (Å²) in [7, 11) is 1.51. The van der Waals surface area contributed by atoms with Crippen LogP contribution in [0.4, 0.5) is 0 Å². The van der Waals surface area contributed by atoms with Gasteiger partial charge in [0.15, 0.2) is 0 Å². The Hall–Kier alpha value is -1.85. The normalized spacial score (nSPS) is 17.5. The van der Waals surface area contributed by atoms with E-state index < -0.39 is 5.97 Å². The third-order valence-corrected chi connectivity index (χ3v) is 2.74. The highest BCUT2D eigenvalue weighted by molar-refractivity contribution is 6.27. The van der Waals surface area contributed by atoms with E-state index in [1.165, 1.54) is 12.1 Å². The number of hydrogen-bond acceptors (Lipinski definition) is 4. The number of allylic oxidation sites excluding steroid dienone is 1. The number of carbonyl (C=O) groups is 2. The van der Waals surface area contributed by atoms with Gasteiger partial charge in [-0.2, -0.15) is 5.10 Å². The fourth-order valence-corrected chi connectivity index (χ4v) is 1.89. The molecule has 0 saturated heterocycles. The maximum atomic E-state index is 12.1. The monoisotopic (exact) mass is 268 g/mol. The molecule has 0 fully saturated rings. The maximum Gasteiger partial charge on any atom is 0.309 e. The molecule has 106 valence electrons.